The molecule has 0 saturated carbocycles. The number of carbonyl (C=O) groups excluding carboxylic acids is 1. The topological polar surface area (TPSA) is 70.1 Å². The van der Waals surface area contributed by atoms with E-state index >= 15 is 0 Å². The van der Waals surface area contributed by atoms with Crippen molar-refractivity contribution in [3.63, 3.8) is 0 Å². The number of rotatable bonds is 10. The highest BCUT2D eigenvalue weighted by Crippen LogP contribution is 2.27. The van der Waals surface area contributed by atoms with Crippen LogP contribution in [0.2, 0.25) is 4.34 Å². The summed E-state index contributed by atoms with van der Waals surface area (Å²) in [5, 5.41) is 7.64. The van der Waals surface area contributed by atoms with E-state index in [-0.39, 0.29) is 5.91 Å². The van der Waals surface area contributed by atoms with Crippen molar-refractivity contribution < 1.29 is 9.63 Å². The Labute approximate surface area is 239 Å². The standard InChI is InChI=1S/C30H34ClN5O2S/c1-22(2)5-4-6-24-11-17-35(20-16-33-38-23(3)28-7-8-29(31)39-28)27(21-24)30(37)36-18-12-26(13-19-36)34-25-9-14-32-15-10-25/h4-10,14-16,21,26H,1,3,11-13,17-20H2,2H3,(H,32,34)/b5-4-,24-6+,33-16+. The van der Waals surface area contributed by atoms with Crippen molar-refractivity contribution in [3.8, 4) is 0 Å². The van der Waals surface area contributed by atoms with Gasteiger partial charge in [0.1, 0.15) is 5.70 Å². The molecule has 0 aromatic carbocycles. The number of oxime groups is 1. The van der Waals surface area contributed by atoms with Crippen molar-refractivity contribution in [2.24, 2.45) is 5.16 Å². The Morgan fingerprint density at radius 1 is 1.23 bits per heavy atom. The number of nitrogens with zero attached hydrogens (tertiary/aromatic N) is 4. The Bertz CT molecular complexity index is 1290. The quantitative estimate of drug-likeness (QED) is 0.154. The number of nitrogens with one attached hydrogen (secondary N) is 1. The first-order chi connectivity index (χ1) is 18.9. The number of piperidine rings is 1. The van der Waals surface area contributed by atoms with Gasteiger partial charge < -0.3 is 20.0 Å². The minimum absolute atomic E-state index is 0.0406. The summed E-state index contributed by atoms with van der Waals surface area (Å²) in [6.45, 7) is 12.3. The first-order valence-electron chi connectivity index (χ1n) is 13.0. The van der Waals surface area contributed by atoms with Crippen molar-refractivity contribution in [3.05, 3.63) is 100 Å². The molecule has 0 atom stereocenters. The number of hydrogen-bond donors (Lipinski definition) is 1. The fourth-order valence-corrected chi connectivity index (χ4v) is 5.34. The van der Waals surface area contributed by atoms with Gasteiger partial charge >= 0.3 is 0 Å². The Morgan fingerprint density at radius 2 is 2.00 bits per heavy atom. The van der Waals surface area contributed by atoms with Crippen molar-refractivity contribution in [1.82, 2.24) is 14.8 Å². The maximum Gasteiger partial charge on any atom is 0.270 e. The number of likely N-dealkylation sites (tertiary alicyclic amines) is 1. The number of hydrogen-bond acceptors (Lipinski definition) is 7. The second kappa shape index (κ2) is 14.0. The van der Waals surface area contributed by atoms with Crippen molar-refractivity contribution in [2.45, 2.75) is 32.2 Å². The predicted molar refractivity (Wildman–Crippen MR) is 162 cm³/mol. The van der Waals surface area contributed by atoms with Crippen molar-refractivity contribution >= 4 is 46.5 Å². The Morgan fingerprint density at radius 3 is 2.69 bits per heavy atom. The number of carbonyl (C=O) groups is 1. The van der Waals surface area contributed by atoms with E-state index < -0.39 is 0 Å². The molecular weight excluding hydrogens is 530 g/mol. The smallest absolute Gasteiger partial charge is 0.270 e. The lowest BCUT2D eigenvalue weighted by atomic mass is 10.0. The number of anilines is 1. The van der Waals surface area contributed by atoms with Crippen LogP contribution in [0, 0.1) is 0 Å². The van der Waals surface area contributed by atoms with Gasteiger partial charge in [-0.25, -0.2) is 0 Å². The third-order valence-electron chi connectivity index (χ3n) is 6.46. The fourth-order valence-electron chi connectivity index (χ4n) is 4.39. The van der Waals surface area contributed by atoms with Gasteiger partial charge in [0.2, 0.25) is 0 Å². The van der Waals surface area contributed by atoms with Gasteiger partial charge in [-0.3, -0.25) is 9.78 Å². The van der Waals surface area contributed by atoms with Crippen LogP contribution in [-0.2, 0) is 9.63 Å². The van der Waals surface area contributed by atoms with Gasteiger partial charge in [0.15, 0.2) is 5.76 Å². The monoisotopic (exact) mass is 563 g/mol. The van der Waals surface area contributed by atoms with E-state index in [0.717, 1.165) is 41.0 Å². The number of amides is 1. The van der Waals surface area contributed by atoms with Gasteiger partial charge in [-0.05, 0) is 62.1 Å². The fraction of sp³-hybridized carbons (Fsp3) is 0.300. The third kappa shape index (κ3) is 8.43. The van der Waals surface area contributed by atoms with Gasteiger partial charge in [0, 0.05) is 43.8 Å². The second-order valence-electron chi connectivity index (χ2n) is 9.53. The van der Waals surface area contributed by atoms with Crippen molar-refractivity contribution in [2.75, 3.05) is 31.5 Å². The molecule has 204 valence electrons. The molecule has 1 N–H and O–H groups in total. The van der Waals surface area contributed by atoms with E-state index in [4.69, 9.17) is 16.4 Å². The predicted octanol–water partition coefficient (Wildman–Crippen LogP) is 6.52. The Balaban J connectivity index is 1.40. The molecule has 9 heteroatoms. The molecule has 1 fully saturated rings. The van der Waals surface area contributed by atoms with Gasteiger partial charge in [-0.15, -0.1) is 11.3 Å². The number of aromatic nitrogens is 1. The second-order valence-corrected chi connectivity index (χ2v) is 11.2. The average Bonchev–Trinajstić information content (AvgIpc) is 3.38. The SMILES string of the molecule is C=C(C)/C=C\C=C1\C=C(C(=O)N2CCC(Nc3ccncc3)CC2)N(C/C=N/OC(=C)c2ccc(Cl)s2)CC1. The molecule has 1 amide bonds. The largest absolute Gasteiger partial charge is 0.382 e. The lowest BCUT2D eigenvalue weighted by Gasteiger charge is -2.37. The van der Waals surface area contributed by atoms with E-state index in [9.17, 15) is 4.79 Å². The van der Waals surface area contributed by atoms with Crippen LogP contribution < -0.4 is 5.32 Å². The summed E-state index contributed by atoms with van der Waals surface area (Å²) in [5.41, 5.74) is 3.82. The lowest BCUT2D eigenvalue weighted by Crippen LogP contribution is -2.46. The number of halogens is 1. The summed E-state index contributed by atoms with van der Waals surface area (Å²) in [5.74, 6) is 0.477. The van der Waals surface area contributed by atoms with Gasteiger partial charge in [-0.1, -0.05) is 53.7 Å². The van der Waals surface area contributed by atoms with E-state index in [1.54, 1.807) is 24.7 Å². The van der Waals surface area contributed by atoms with E-state index in [1.807, 2.05) is 48.3 Å². The van der Waals surface area contributed by atoms with Crippen LogP contribution in [0.4, 0.5) is 5.69 Å². The summed E-state index contributed by atoms with van der Waals surface area (Å²) in [7, 11) is 0. The lowest BCUT2D eigenvalue weighted by molar-refractivity contribution is -0.129. The summed E-state index contributed by atoms with van der Waals surface area (Å²) in [6, 6.07) is 7.90. The van der Waals surface area contributed by atoms with Gasteiger partial charge in [-0.2, -0.15) is 0 Å². The first kappa shape index (κ1) is 28.4. The molecule has 2 aliphatic rings. The molecule has 0 spiro atoms. The molecule has 39 heavy (non-hydrogen) atoms. The highest BCUT2D eigenvalue weighted by atomic mass is 35.5. The highest BCUT2D eigenvalue weighted by molar-refractivity contribution is 7.17. The zero-order valence-corrected chi connectivity index (χ0v) is 23.8. The number of pyridine rings is 1. The normalized spacial score (nSPS) is 17.6. The van der Waals surface area contributed by atoms with Crippen LogP contribution in [0.1, 0.15) is 31.1 Å². The Hall–Kier alpha value is -3.62. The van der Waals surface area contributed by atoms with E-state index in [0.29, 0.717) is 48.0 Å². The number of allylic oxidation sites excluding steroid dienone is 5. The van der Waals surface area contributed by atoms with Gasteiger partial charge in [0.05, 0.1) is 22.0 Å². The van der Waals surface area contributed by atoms with Crippen LogP contribution >= 0.6 is 22.9 Å². The Kier molecular flexibility index (Phi) is 10.2. The maximum absolute atomic E-state index is 13.7. The molecule has 0 unspecified atom stereocenters. The molecule has 2 aromatic heterocycles. The molecular formula is C30H34ClN5O2S. The zero-order chi connectivity index (χ0) is 27.6. The molecule has 7 nitrogen and oxygen atoms in total. The molecule has 0 bridgehead atoms. The molecule has 4 rings (SSSR count). The summed E-state index contributed by atoms with van der Waals surface area (Å²) in [4.78, 5) is 28.1. The summed E-state index contributed by atoms with van der Waals surface area (Å²) >= 11 is 7.38. The zero-order valence-electron chi connectivity index (χ0n) is 22.2. The molecule has 2 aliphatic heterocycles. The number of thiophene rings is 1. The maximum atomic E-state index is 13.7. The van der Waals surface area contributed by atoms with Gasteiger partial charge in [0.25, 0.3) is 5.91 Å². The highest BCUT2D eigenvalue weighted by Gasteiger charge is 2.29. The molecule has 1 saturated heterocycles. The molecule has 0 aliphatic carbocycles. The molecule has 2 aromatic rings. The first-order valence-corrected chi connectivity index (χ1v) is 14.2. The van der Waals surface area contributed by atoms with Crippen LogP contribution in [0.25, 0.3) is 5.76 Å². The third-order valence-corrected chi connectivity index (χ3v) is 7.74. The van der Waals surface area contributed by atoms with Crippen LogP contribution in [0.5, 0.6) is 0 Å². The average molecular weight is 564 g/mol. The van der Waals surface area contributed by atoms with Crippen LogP contribution in [-0.4, -0.2) is 59.1 Å². The summed E-state index contributed by atoms with van der Waals surface area (Å²) < 4.78 is 0.666. The molecule has 0 radical (unpaired) electrons. The van der Waals surface area contributed by atoms with Crippen LogP contribution in [0.3, 0.4) is 0 Å². The van der Waals surface area contributed by atoms with Crippen LogP contribution in [0.15, 0.2) is 96.1 Å². The minimum Gasteiger partial charge on any atom is -0.382 e. The van der Waals surface area contributed by atoms with Crippen molar-refractivity contribution in [1.29, 1.82) is 0 Å². The van der Waals surface area contributed by atoms with E-state index in [1.165, 1.54) is 11.3 Å². The summed E-state index contributed by atoms with van der Waals surface area (Å²) in [6.07, 6.45) is 15.8. The van der Waals surface area contributed by atoms with E-state index in [2.05, 4.69) is 39.6 Å². The minimum atomic E-state index is 0.0406. The molecule has 4 heterocycles.